The Morgan fingerprint density at radius 3 is 2.67 bits per heavy atom. The Morgan fingerprint density at radius 1 is 1.17 bits per heavy atom. The molecule has 4 saturated heterocycles. The van der Waals surface area contributed by atoms with Crippen molar-refractivity contribution in [3.05, 3.63) is 40.9 Å². The van der Waals surface area contributed by atoms with Crippen molar-refractivity contribution >= 4 is 29.1 Å². The summed E-state index contributed by atoms with van der Waals surface area (Å²) in [6.45, 7) is 7.28. The van der Waals surface area contributed by atoms with Crippen molar-refractivity contribution in [1.82, 2.24) is 30.1 Å². The lowest BCUT2D eigenvalue weighted by Crippen LogP contribution is -2.65. The molecule has 1 amide bonds. The number of halogens is 3. The van der Waals surface area contributed by atoms with Crippen LogP contribution >= 0.6 is 11.6 Å². The molecule has 228 valence electrons. The van der Waals surface area contributed by atoms with E-state index in [0.717, 1.165) is 30.3 Å². The smallest absolute Gasteiger partial charge is 0.231 e. The zero-order valence-electron chi connectivity index (χ0n) is 23.8. The van der Waals surface area contributed by atoms with Crippen LogP contribution in [0.5, 0.6) is 0 Å². The molecule has 13 heteroatoms. The lowest BCUT2D eigenvalue weighted by atomic mass is 9.67. The molecule has 0 aromatic carbocycles. The number of pyridine rings is 1. The summed E-state index contributed by atoms with van der Waals surface area (Å²) in [5, 5.41) is 4.12. The number of ketones is 2. The fourth-order valence-corrected chi connectivity index (χ4v) is 7.48. The SMILES string of the molecule is CC1NCCN(CC(=O)C2CC34C=CC(O3)C(C(=O)Cc3cc(F)cc(Cl)n3)C4C(=O)N2CN2CCN(F)CC2)C1C. The molecule has 0 radical (unpaired) electrons. The number of piperazine rings is 2. The Morgan fingerprint density at radius 2 is 1.93 bits per heavy atom. The highest BCUT2D eigenvalue weighted by Crippen LogP contribution is 2.53. The van der Waals surface area contributed by atoms with Crippen LogP contribution in [0.2, 0.25) is 5.15 Å². The van der Waals surface area contributed by atoms with E-state index in [2.05, 4.69) is 29.0 Å². The number of carbonyl (C=O) groups is 3. The summed E-state index contributed by atoms with van der Waals surface area (Å²) in [4.78, 5) is 51.9. The molecule has 1 aromatic heterocycles. The van der Waals surface area contributed by atoms with Crippen LogP contribution in [0, 0.1) is 17.7 Å². The number of hydrogen-bond donors (Lipinski definition) is 1. The minimum Gasteiger partial charge on any atom is -0.362 e. The van der Waals surface area contributed by atoms with E-state index in [4.69, 9.17) is 16.3 Å². The number of amides is 1. The van der Waals surface area contributed by atoms with Gasteiger partial charge < -0.3 is 15.0 Å². The van der Waals surface area contributed by atoms with Crippen LogP contribution in [0.15, 0.2) is 24.3 Å². The highest BCUT2D eigenvalue weighted by Gasteiger charge is 2.66. The summed E-state index contributed by atoms with van der Waals surface area (Å²) in [7, 11) is 0. The van der Waals surface area contributed by atoms with Gasteiger partial charge in [0, 0.05) is 70.3 Å². The average Bonchev–Trinajstić information content (AvgIpc) is 3.50. The first kappa shape index (κ1) is 29.7. The highest BCUT2D eigenvalue weighted by molar-refractivity contribution is 6.29. The van der Waals surface area contributed by atoms with Crippen molar-refractivity contribution < 1.29 is 28.0 Å². The van der Waals surface area contributed by atoms with Gasteiger partial charge in [-0.05, 0) is 19.9 Å². The van der Waals surface area contributed by atoms with Gasteiger partial charge in [0.15, 0.2) is 5.78 Å². The third kappa shape index (κ3) is 5.53. The maximum Gasteiger partial charge on any atom is 0.231 e. The van der Waals surface area contributed by atoms with Gasteiger partial charge in [-0.2, -0.15) is 0 Å². The summed E-state index contributed by atoms with van der Waals surface area (Å²) >= 11 is 5.91. The molecule has 1 spiro atoms. The lowest BCUT2D eigenvalue weighted by molar-refractivity contribution is -0.163. The quantitative estimate of drug-likeness (QED) is 0.266. The van der Waals surface area contributed by atoms with Gasteiger partial charge in [-0.25, -0.2) is 9.37 Å². The summed E-state index contributed by atoms with van der Waals surface area (Å²) in [6.07, 6.45) is 3.06. The topological polar surface area (TPSA) is 98.3 Å². The molecule has 0 aliphatic carbocycles. The van der Waals surface area contributed by atoms with Gasteiger partial charge in [0.2, 0.25) is 5.91 Å². The van der Waals surface area contributed by atoms with E-state index in [1.165, 1.54) is 0 Å². The van der Waals surface area contributed by atoms with E-state index in [-0.39, 0.29) is 79.5 Å². The van der Waals surface area contributed by atoms with Gasteiger partial charge in [-0.3, -0.25) is 24.2 Å². The number of hydrogen-bond acceptors (Lipinski definition) is 9. The number of ether oxygens (including phenoxy) is 1. The van der Waals surface area contributed by atoms with Crippen molar-refractivity contribution in [3.8, 4) is 0 Å². The molecule has 1 N–H and O–H groups in total. The third-order valence-corrected chi connectivity index (χ3v) is 9.90. The van der Waals surface area contributed by atoms with E-state index in [0.29, 0.717) is 13.1 Å². The Kier molecular flexibility index (Phi) is 8.22. The van der Waals surface area contributed by atoms with Crippen molar-refractivity contribution in [1.29, 1.82) is 0 Å². The zero-order valence-corrected chi connectivity index (χ0v) is 24.6. The van der Waals surface area contributed by atoms with Crippen molar-refractivity contribution in [2.45, 2.75) is 56.5 Å². The summed E-state index contributed by atoms with van der Waals surface area (Å²) in [5.41, 5.74) is -0.895. The fourth-order valence-electron chi connectivity index (χ4n) is 7.27. The first-order valence-electron chi connectivity index (χ1n) is 14.7. The zero-order chi connectivity index (χ0) is 29.8. The standard InChI is InChI=1S/C29H37ClF2N6O4/c1-17-18(2)36(6-5-33-17)15-23(40)21-14-29-4-3-24(42-29)26(22(39)13-20-11-19(31)12-25(30)34-20)27(29)28(41)38(21)16-35-7-9-37(32)10-8-35/h3-4,11-12,17-18,21,24,26-27,33H,5-10,13-16H2,1-2H3. The van der Waals surface area contributed by atoms with Gasteiger partial charge >= 0.3 is 0 Å². The largest absolute Gasteiger partial charge is 0.362 e. The molecule has 7 unspecified atom stereocenters. The van der Waals surface area contributed by atoms with Crippen LogP contribution in [0.3, 0.4) is 0 Å². The second kappa shape index (κ2) is 11.6. The molecule has 6 rings (SSSR count). The molecule has 10 nitrogen and oxygen atoms in total. The van der Waals surface area contributed by atoms with Crippen LogP contribution in [0.25, 0.3) is 0 Å². The number of Topliss-reactive ketones (excluding diaryl/α,β-unsaturated/α-hetero) is 2. The maximum atomic E-state index is 14.4. The molecule has 0 saturated carbocycles. The Hall–Kier alpha value is -2.35. The number of fused-ring (bicyclic) bond motifs is 1. The monoisotopic (exact) mass is 606 g/mol. The van der Waals surface area contributed by atoms with Gasteiger partial charge in [0.25, 0.3) is 0 Å². The van der Waals surface area contributed by atoms with Crippen molar-refractivity contribution in [2.75, 3.05) is 52.5 Å². The second-order valence-electron chi connectivity index (χ2n) is 12.3. The van der Waals surface area contributed by atoms with E-state index in [9.17, 15) is 23.3 Å². The molecule has 6 heterocycles. The second-order valence-corrected chi connectivity index (χ2v) is 12.6. The minimum absolute atomic E-state index is 0.0544. The summed E-state index contributed by atoms with van der Waals surface area (Å²) < 4.78 is 34.1. The molecule has 5 aliphatic heterocycles. The van der Waals surface area contributed by atoms with Crippen molar-refractivity contribution in [3.63, 3.8) is 0 Å². The number of rotatable bonds is 8. The van der Waals surface area contributed by atoms with Gasteiger partial charge in [0.05, 0.1) is 42.9 Å². The van der Waals surface area contributed by atoms with Gasteiger partial charge in [0.1, 0.15) is 22.4 Å². The summed E-state index contributed by atoms with van der Waals surface area (Å²) in [6, 6.07) is 1.84. The maximum absolute atomic E-state index is 14.4. The normalized spacial score (nSPS) is 35.5. The van der Waals surface area contributed by atoms with E-state index in [1.54, 1.807) is 11.0 Å². The van der Waals surface area contributed by atoms with Crippen LogP contribution in [-0.2, 0) is 25.5 Å². The number of carbonyl (C=O) groups excluding carboxylic acids is 3. The lowest BCUT2D eigenvalue weighted by Gasteiger charge is -2.48. The Labute approximate surface area is 248 Å². The predicted octanol–water partition coefficient (Wildman–Crippen LogP) is 1.24. The van der Waals surface area contributed by atoms with Crippen LogP contribution in [-0.4, -0.2) is 125 Å². The number of likely N-dealkylation sites (tertiary alicyclic amines) is 1. The highest BCUT2D eigenvalue weighted by atomic mass is 35.5. The molecule has 7 atom stereocenters. The number of piperidine rings is 1. The predicted molar refractivity (Wildman–Crippen MR) is 150 cm³/mol. The minimum atomic E-state index is -1.08. The molecule has 5 aliphatic rings. The summed E-state index contributed by atoms with van der Waals surface area (Å²) in [5.74, 6) is -2.91. The van der Waals surface area contributed by atoms with Gasteiger partial charge in [-0.1, -0.05) is 23.8 Å². The van der Waals surface area contributed by atoms with Crippen LogP contribution in [0.4, 0.5) is 8.87 Å². The third-order valence-electron chi connectivity index (χ3n) is 9.71. The number of nitrogens with zero attached hydrogens (tertiary/aromatic N) is 5. The number of aromatic nitrogens is 1. The number of nitrogens with one attached hydrogen (secondary N) is 1. The first-order valence-corrected chi connectivity index (χ1v) is 15.1. The van der Waals surface area contributed by atoms with E-state index in [1.807, 2.05) is 11.0 Å². The average molecular weight is 607 g/mol. The molecular formula is C29H37ClF2N6O4. The Balaban J connectivity index is 1.27. The fraction of sp³-hybridized carbons (Fsp3) is 0.655. The molecule has 2 bridgehead atoms. The van der Waals surface area contributed by atoms with E-state index < -0.39 is 35.4 Å². The van der Waals surface area contributed by atoms with E-state index >= 15 is 0 Å². The molecule has 1 aromatic rings. The molecule has 42 heavy (non-hydrogen) atoms. The molecular weight excluding hydrogens is 570 g/mol. The molecule has 4 fully saturated rings. The first-order chi connectivity index (χ1) is 20.0. The van der Waals surface area contributed by atoms with Crippen molar-refractivity contribution in [2.24, 2.45) is 11.8 Å². The van der Waals surface area contributed by atoms with Crippen LogP contribution in [0.1, 0.15) is 26.0 Å². The van der Waals surface area contributed by atoms with Crippen LogP contribution < -0.4 is 5.32 Å². The Bertz CT molecular complexity index is 1260. The van der Waals surface area contributed by atoms with Gasteiger partial charge in [-0.15, -0.1) is 9.60 Å².